The van der Waals surface area contributed by atoms with Gasteiger partial charge in [-0.25, -0.2) is 0 Å². The average molecular weight is 335 g/mol. The molecule has 0 saturated carbocycles. The van der Waals surface area contributed by atoms with E-state index >= 15 is 0 Å². The molecule has 8 heteroatoms. The molecule has 2 saturated heterocycles. The molecule has 0 radical (unpaired) electrons. The second-order valence-electron chi connectivity index (χ2n) is 5.28. The van der Waals surface area contributed by atoms with E-state index in [4.69, 9.17) is 4.74 Å². The van der Waals surface area contributed by atoms with Gasteiger partial charge in [0.05, 0.1) is 18.9 Å². The van der Waals surface area contributed by atoms with Crippen LogP contribution in [0.15, 0.2) is 24.3 Å². The monoisotopic (exact) mass is 335 g/mol. The Hall–Kier alpha value is -1.90. The van der Waals surface area contributed by atoms with Crippen molar-refractivity contribution in [2.45, 2.75) is 12.6 Å². The molecule has 1 atom stereocenters. The zero-order valence-corrected chi connectivity index (χ0v) is 13.2. The van der Waals surface area contributed by atoms with Crippen molar-refractivity contribution in [3.05, 3.63) is 29.8 Å². The summed E-state index contributed by atoms with van der Waals surface area (Å²) in [6.07, 6.45) is -0.486. The summed E-state index contributed by atoms with van der Waals surface area (Å²) in [4.78, 5) is 36.4. The Morgan fingerprint density at radius 2 is 2.13 bits per heavy atom. The minimum Gasteiger partial charge on any atom is -0.366 e. The quantitative estimate of drug-likeness (QED) is 0.847. The van der Waals surface area contributed by atoms with Gasteiger partial charge >= 0.3 is 0 Å². The van der Waals surface area contributed by atoms with Gasteiger partial charge in [-0.2, -0.15) is 0 Å². The Bertz CT molecular complexity index is 598. The summed E-state index contributed by atoms with van der Waals surface area (Å²) in [5.41, 5.74) is 1.49. The van der Waals surface area contributed by atoms with Crippen LogP contribution in [-0.2, 0) is 20.9 Å². The number of carbonyl (C=O) groups is 3. The number of hydrogen-bond donors (Lipinski definition) is 2. The Kier molecular flexibility index (Phi) is 4.94. The van der Waals surface area contributed by atoms with Gasteiger partial charge in [0.1, 0.15) is 6.10 Å². The van der Waals surface area contributed by atoms with Crippen molar-refractivity contribution in [2.24, 2.45) is 0 Å². The van der Waals surface area contributed by atoms with Crippen LogP contribution in [0.25, 0.3) is 0 Å². The van der Waals surface area contributed by atoms with Crippen molar-refractivity contribution < 1.29 is 19.1 Å². The number of nitrogens with one attached hydrogen (secondary N) is 2. The highest BCUT2D eigenvalue weighted by atomic mass is 32.2. The van der Waals surface area contributed by atoms with E-state index in [-0.39, 0.29) is 29.4 Å². The van der Waals surface area contributed by atoms with Crippen LogP contribution in [0, 0.1) is 0 Å². The maximum atomic E-state index is 12.0. The predicted octanol–water partition coefficient (Wildman–Crippen LogP) is 0.809. The van der Waals surface area contributed by atoms with Gasteiger partial charge in [-0.1, -0.05) is 23.9 Å². The summed E-state index contributed by atoms with van der Waals surface area (Å²) < 4.78 is 5.39. The van der Waals surface area contributed by atoms with Gasteiger partial charge in [0.25, 0.3) is 11.1 Å². The van der Waals surface area contributed by atoms with Crippen molar-refractivity contribution >= 4 is 34.5 Å². The maximum absolute atomic E-state index is 12.0. The van der Waals surface area contributed by atoms with E-state index < -0.39 is 6.10 Å². The fourth-order valence-electron chi connectivity index (χ4n) is 2.37. The molecule has 1 aromatic rings. The molecule has 3 rings (SSSR count). The van der Waals surface area contributed by atoms with Crippen LogP contribution in [0.2, 0.25) is 0 Å². The van der Waals surface area contributed by atoms with E-state index in [2.05, 4.69) is 10.6 Å². The van der Waals surface area contributed by atoms with Gasteiger partial charge < -0.3 is 15.4 Å². The van der Waals surface area contributed by atoms with E-state index in [0.717, 1.165) is 23.9 Å². The number of thioether (sulfide) groups is 1. The van der Waals surface area contributed by atoms with Crippen molar-refractivity contribution in [1.82, 2.24) is 10.2 Å². The summed E-state index contributed by atoms with van der Waals surface area (Å²) in [5.74, 6) is -0.145. The molecule has 122 valence electrons. The number of amides is 3. The number of morpholine rings is 1. The first-order valence-electron chi connectivity index (χ1n) is 7.33. The first kappa shape index (κ1) is 16.0. The second-order valence-corrected chi connectivity index (χ2v) is 6.21. The SMILES string of the molecule is O=C(Nc1ccc(CN2C(=O)CSC2=O)cc1)C1CNCCO1. The lowest BCUT2D eigenvalue weighted by molar-refractivity contribution is -0.128. The molecule has 0 spiro atoms. The topological polar surface area (TPSA) is 87.7 Å². The lowest BCUT2D eigenvalue weighted by Crippen LogP contribution is -2.45. The van der Waals surface area contributed by atoms with E-state index in [1.165, 1.54) is 4.90 Å². The molecule has 0 aromatic heterocycles. The lowest BCUT2D eigenvalue weighted by Gasteiger charge is -2.22. The zero-order chi connectivity index (χ0) is 16.2. The second kappa shape index (κ2) is 7.12. The number of carbonyl (C=O) groups excluding carboxylic acids is 3. The molecule has 3 amide bonds. The molecule has 0 bridgehead atoms. The van der Waals surface area contributed by atoms with Crippen LogP contribution < -0.4 is 10.6 Å². The molecular weight excluding hydrogens is 318 g/mol. The van der Waals surface area contributed by atoms with Crippen molar-refractivity contribution in [2.75, 3.05) is 30.8 Å². The van der Waals surface area contributed by atoms with Gasteiger partial charge in [-0.15, -0.1) is 0 Å². The molecule has 23 heavy (non-hydrogen) atoms. The molecule has 2 N–H and O–H groups in total. The highest BCUT2D eigenvalue weighted by Gasteiger charge is 2.29. The number of ether oxygens (including phenoxy) is 1. The van der Waals surface area contributed by atoms with E-state index in [0.29, 0.717) is 18.8 Å². The third kappa shape index (κ3) is 3.90. The summed E-state index contributed by atoms with van der Waals surface area (Å²) in [5, 5.41) is 5.68. The molecule has 2 heterocycles. The number of anilines is 1. The van der Waals surface area contributed by atoms with Crippen molar-refractivity contribution in [3.8, 4) is 0 Å². The Labute approximate surface area is 137 Å². The van der Waals surface area contributed by atoms with Crippen LogP contribution in [0.4, 0.5) is 10.5 Å². The molecule has 1 aromatic carbocycles. The molecule has 2 fully saturated rings. The Balaban J connectivity index is 1.57. The van der Waals surface area contributed by atoms with E-state index in [1.54, 1.807) is 24.3 Å². The van der Waals surface area contributed by atoms with Crippen molar-refractivity contribution in [3.63, 3.8) is 0 Å². The largest absolute Gasteiger partial charge is 0.366 e. The minimum atomic E-state index is -0.486. The maximum Gasteiger partial charge on any atom is 0.289 e. The Morgan fingerprint density at radius 3 is 2.74 bits per heavy atom. The minimum absolute atomic E-state index is 0.167. The van der Waals surface area contributed by atoms with Gasteiger partial charge in [-0.3, -0.25) is 19.3 Å². The third-order valence-corrected chi connectivity index (χ3v) is 4.48. The summed E-state index contributed by atoms with van der Waals surface area (Å²) in [6.45, 7) is 2.03. The zero-order valence-electron chi connectivity index (χ0n) is 12.4. The summed E-state index contributed by atoms with van der Waals surface area (Å²) in [7, 11) is 0. The van der Waals surface area contributed by atoms with Crippen LogP contribution in [0.1, 0.15) is 5.56 Å². The van der Waals surface area contributed by atoms with Crippen LogP contribution in [0.3, 0.4) is 0 Å². The highest BCUT2D eigenvalue weighted by Crippen LogP contribution is 2.21. The fraction of sp³-hybridized carbons (Fsp3) is 0.400. The normalized spacial score (nSPS) is 21.6. The number of rotatable bonds is 4. The highest BCUT2D eigenvalue weighted by molar-refractivity contribution is 8.14. The number of nitrogens with zero attached hydrogens (tertiary/aromatic N) is 1. The molecule has 7 nitrogen and oxygen atoms in total. The standard InChI is InChI=1S/C15H17N3O4S/c19-13-9-23-15(21)18(13)8-10-1-3-11(4-2-10)17-14(20)12-7-16-5-6-22-12/h1-4,12,16H,5-9H2,(H,17,20). The van der Waals surface area contributed by atoms with Gasteiger partial charge in [0, 0.05) is 18.8 Å². The van der Waals surface area contributed by atoms with Gasteiger partial charge in [0.2, 0.25) is 5.91 Å². The molecule has 0 aliphatic carbocycles. The molecular formula is C15H17N3O4S. The van der Waals surface area contributed by atoms with Crippen LogP contribution in [0.5, 0.6) is 0 Å². The third-order valence-electron chi connectivity index (χ3n) is 3.62. The fourth-order valence-corrected chi connectivity index (χ4v) is 3.09. The van der Waals surface area contributed by atoms with Crippen LogP contribution >= 0.6 is 11.8 Å². The smallest absolute Gasteiger partial charge is 0.289 e. The van der Waals surface area contributed by atoms with E-state index in [1.807, 2.05) is 0 Å². The number of hydrogen-bond acceptors (Lipinski definition) is 6. The van der Waals surface area contributed by atoms with Crippen LogP contribution in [-0.4, -0.2) is 53.5 Å². The summed E-state index contributed by atoms with van der Waals surface area (Å²) >= 11 is 1.02. The molecule has 1 unspecified atom stereocenters. The molecule has 2 aliphatic heterocycles. The first-order valence-corrected chi connectivity index (χ1v) is 8.31. The lowest BCUT2D eigenvalue weighted by atomic mass is 10.2. The average Bonchev–Trinajstić information content (AvgIpc) is 2.89. The first-order chi connectivity index (χ1) is 11.1. The number of benzene rings is 1. The van der Waals surface area contributed by atoms with Gasteiger partial charge in [-0.05, 0) is 17.7 Å². The van der Waals surface area contributed by atoms with Crippen molar-refractivity contribution in [1.29, 1.82) is 0 Å². The molecule has 2 aliphatic rings. The Morgan fingerprint density at radius 1 is 1.35 bits per heavy atom. The predicted molar refractivity (Wildman–Crippen MR) is 86.1 cm³/mol. The number of imide groups is 1. The van der Waals surface area contributed by atoms with Gasteiger partial charge in [0.15, 0.2) is 0 Å². The summed E-state index contributed by atoms with van der Waals surface area (Å²) in [6, 6.07) is 7.08. The van der Waals surface area contributed by atoms with E-state index in [9.17, 15) is 14.4 Å².